The molecule has 0 spiro atoms. The highest BCUT2D eigenvalue weighted by Gasteiger charge is 2.38. The monoisotopic (exact) mass is 415 g/mol. The lowest BCUT2D eigenvalue weighted by Gasteiger charge is -2.09. The Bertz CT molecular complexity index is 1170. The molecule has 4 aromatic rings. The number of hydrogen-bond donors (Lipinski definition) is 1. The zero-order valence-corrected chi connectivity index (χ0v) is 15.6. The first-order chi connectivity index (χ1) is 14.4. The van der Waals surface area contributed by atoms with Crippen LogP contribution < -0.4 is 5.32 Å². The molecule has 0 atom stereocenters. The quantitative estimate of drug-likeness (QED) is 0.521. The Morgan fingerprint density at radius 1 is 1.03 bits per heavy atom. The molecule has 2 heterocycles. The van der Waals surface area contributed by atoms with Crippen LogP contribution in [0.5, 0.6) is 0 Å². The SMILES string of the molecule is O=C(NCCc1ccccc1)c1nc(Cn2c(C(F)(F)F)nc3ccccc32)no1. The van der Waals surface area contributed by atoms with Crippen molar-refractivity contribution < 1.29 is 22.5 Å². The van der Waals surface area contributed by atoms with E-state index in [-0.39, 0.29) is 29.3 Å². The molecule has 0 radical (unpaired) electrons. The van der Waals surface area contributed by atoms with Gasteiger partial charge in [-0.2, -0.15) is 18.2 Å². The van der Waals surface area contributed by atoms with Crippen LogP contribution in [0.2, 0.25) is 0 Å². The third kappa shape index (κ3) is 4.17. The Balaban J connectivity index is 1.48. The minimum absolute atomic E-state index is 0.0585. The zero-order valence-electron chi connectivity index (χ0n) is 15.6. The number of amides is 1. The molecule has 2 aromatic heterocycles. The number of alkyl halides is 3. The van der Waals surface area contributed by atoms with E-state index in [1.165, 1.54) is 12.1 Å². The van der Waals surface area contributed by atoms with E-state index >= 15 is 0 Å². The Morgan fingerprint density at radius 3 is 2.53 bits per heavy atom. The van der Waals surface area contributed by atoms with Gasteiger partial charge in [0.1, 0.15) is 0 Å². The van der Waals surface area contributed by atoms with Gasteiger partial charge in [0.2, 0.25) is 5.82 Å². The average Bonchev–Trinajstić information content (AvgIpc) is 3.34. The maximum atomic E-state index is 13.4. The normalized spacial score (nSPS) is 11.7. The van der Waals surface area contributed by atoms with Crippen LogP contribution >= 0.6 is 0 Å². The van der Waals surface area contributed by atoms with Gasteiger partial charge >= 0.3 is 18.0 Å². The number of carbonyl (C=O) groups excluding carboxylic acids is 1. The fourth-order valence-electron chi connectivity index (χ4n) is 3.04. The first-order valence-electron chi connectivity index (χ1n) is 9.09. The Hall–Kier alpha value is -3.69. The van der Waals surface area contributed by atoms with Gasteiger partial charge in [-0.05, 0) is 24.1 Å². The van der Waals surface area contributed by atoms with Gasteiger partial charge in [0.25, 0.3) is 0 Å². The predicted octanol–water partition coefficient (Wildman–Crippen LogP) is 3.46. The Morgan fingerprint density at radius 2 is 1.77 bits per heavy atom. The van der Waals surface area contributed by atoms with Gasteiger partial charge in [0.05, 0.1) is 17.6 Å². The van der Waals surface area contributed by atoms with Gasteiger partial charge in [0, 0.05) is 6.54 Å². The molecule has 0 saturated heterocycles. The number of imidazole rings is 1. The molecular formula is C20H16F3N5O2. The standard InChI is InChI=1S/C20H16F3N5O2/c21-20(22,23)19-25-14-8-4-5-9-15(14)28(19)12-16-26-18(30-27-16)17(29)24-11-10-13-6-2-1-3-7-13/h1-9H,10-12H2,(H,24,29). The number of fused-ring (bicyclic) bond motifs is 1. The molecule has 30 heavy (non-hydrogen) atoms. The fourth-order valence-corrected chi connectivity index (χ4v) is 3.04. The first-order valence-corrected chi connectivity index (χ1v) is 9.09. The molecular weight excluding hydrogens is 399 g/mol. The van der Waals surface area contributed by atoms with E-state index in [1.807, 2.05) is 30.3 Å². The second-order valence-corrected chi connectivity index (χ2v) is 6.52. The van der Waals surface area contributed by atoms with E-state index in [1.54, 1.807) is 12.1 Å². The molecule has 1 N–H and O–H groups in total. The highest BCUT2D eigenvalue weighted by molar-refractivity contribution is 5.89. The summed E-state index contributed by atoms with van der Waals surface area (Å²) < 4.78 is 46.1. The number of nitrogens with one attached hydrogen (secondary N) is 1. The number of halogens is 3. The second kappa shape index (κ2) is 7.97. The van der Waals surface area contributed by atoms with E-state index in [0.717, 1.165) is 10.1 Å². The molecule has 0 fully saturated rings. The number of nitrogens with zero attached hydrogens (tertiary/aromatic N) is 4. The van der Waals surface area contributed by atoms with Crippen LogP contribution in [0, 0.1) is 0 Å². The number of benzene rings is 2. The van der Waals surface area contributed by atoms with Gasteiger partial charge in [-0.3, -0.25) is 4.79 Å². The summed E-state index contributed by atoms with van der Waals surface area (Å²) in [5, 5.41) is 6.30. The molecule has 10 heteroatoms. The van der Waals surface area contributed by atoms with Crippen LogP contribution in [0.4, 0.5) is 13.2 Å². The van der Waals surface area contributed by atoms with Crippen molar-refractivity contribution in [3.05, 3.63) is 77.7 Å². The lowest BCUT2D eigenvalue weighted by Crippen LogP contribution is -2.26. The van der Waals surface area contributed by atoms with Gasteiger partial charge in [-0.15, -0.1) is 0 Å². The number of hydrogen-bond acceptors (Lipinski definition) is 5. The maximum Gasteiger partial charge on any atom is 0.449 e. The van der Waals surface area contributed by atoms with Crippen LogP contribution in [-0.2, 0) is 19.1 Å². The van der Waals surface area contributed by atoms with Gasteiger partial charge in [-0.1, -0.05) is 47.6 Å². The van der Waals surface area contributed by atoms with E-state index < -0.39 is 17.9 Å². The van der Waals surface area contributed by atoms with Crippen molar-refractivity contribution >= 4 is 16.9 Å². The lowest BCUT2D eigenvalue weighted by molar-refractivity contribution is -0.146. The molecule has 0 unspecified atom stereocenters. The van der Waals surface area contributed by atoms with Crippen LogP contribution in [0.25, 0.3) is 11.0 Å². The van der Waals surface area contributed by atoms with Crippen molar-refractivity contribution in [3.8, 4) is 0 Å². The number of rotatable bonds is 6. The first kappa shape index (κ1) is 19.6. The van der Waals surface area contributed by atoms with E-state index in [2.05, 4.69) is 20.4 Å². The highest BCUT2D eigenvalue weighted by Crippen LogP contribution is 2.31. The smallest absolute Gasteiger partial charge is 0.347 e. The molecule has 0 aliphatic rings. The Kier molecular flexibility index (Phi) is 5.21. The van der Waals surface area contributed by atoms with Crippen molar-refractivity contribution in [1.82, 2.24) is 25.0 Å². The van der Waals surface area contributed by atoms with Gasteiger partial charge in [0.15, 0.2) is 5.82 Å². The highest BCUT2D eigenvalue weighted by atomic mass is 19.4. The molecule has 0 aliphatic carbocycles. The summed E-state index contributed by atoms with van der Waals surface area (Å²) in [4.78, 5) is 19.8. The summed E-state index contributed by atoms with van der Waals surface area (Å²) in [5.74, 6) is -2.02. The minimum atomic E-state index is -4.65. The molecule has 154 valence electrons. The fraction of sp³-hybridized carbons (Fsp3) is 0.200. The van der Waals surface area contributed by atoms with Crippen molar-refractivity contribution in [3.63, 3.8) is 0 Å². The average molecular weight is 415 g/mol. The summed E-state index contributed by atoms with van der Waals surface area (Å²) in [6.45, 7) is 0.0150. The zero-order chi connectivity index (χ0) is 21.1. The third-order valence-corrected chi connectivity index (χ3v) is 4.41. The maximum absolute atomic E-state index is 13.4. The minimum Gasteiger partial charge on any atom is -0.347 e. The number of aromatic nitrogens is 4. The summed E-state index contributed by atoms with van der Waals surface area (Å²) in [7, 11) is 0. The molecule has 0 bridgehead atoms. The molecule has 1 amide bonds. The van der Waals surface area contributed by atoms with Crippen molar-refractivity contribution in [2.45, 2.75) is 19.1 Å². The van der Waals surface area contributed by atoms with Crippen LogP contribution in [0.15, 0.2) is 59.1 Å². The van der Waals surface area contributed by atoms with Crippen LogP contribution in [-0.4, -0.2) is 32.1 Å². The molecule has 2 aromatic carbocycles. The van der Waals surface area contributed by atoms with E-state index in [4.69, 9.17) is 4.52 Å². The number of carbonyl (C=O) groups is 1. The van der Waals surface area contributed by atoms with Crippen LogP contribution in [0.1, 0.15) is 27.9 Å². The number of para-hydroxylation sites is 2. The molecule has 7 nitrogen and oxygen atoms in total. The van der Waals surface area contributed by atoms with Gasteiger partial charge < -0.3 is 14.4 Å². The molecule has 0 aliphatic heterocycles. The molecule has 0 saturated carbocycles. The summed E-state index contributed by atoms with van der Waals surface area (Å²) in [6, 6.07) is 15.8. The van der Waals surface area contributed by atoms with E-state index in [0.29, 0.717) is 13.0 Å². The summed E-state index contributed by atoms with van der Waals surface area (Å²) in [6.07, 6.45) is -4.04. The van der Waals surface area contributed by atoms with Crippen molar-refractivity contribution in [2.75, 3.05) is 6.54 Å². The third-order valence-electron chi connectivity index (χ3n) is 4.41. The summed E-state index contributed by atoms with van der Waals surface area (Å²) in [5.41, 5.74) is 1.53. The van der Waals surface area contributed by atoms with Crippen LogP contribution in [0.3, 0.4) is 0 Å². The van der Waals surface area contributed by atoms with Gasteiger partial charge in [-0.25, -0.2) is 4.98 Å². The van der Waals surface area contributed by atoms with Crippen molar-refractivity contribution in [2.24, 2.45) is 0 Å². The second-order valence-electron chi connectivity index (χ2n) is 6.52. The lowest BCUT2D eigenvalue weighted by atomic mass is 10.1. The largest absolute Gasteiger partial charge is 0.449 e. The summed E-state index contributed by atoms with van der Waals surface area (Å²) >= 11 is 0. The Labute approximate surface area is 168 Å². The predicted molar refractivity (Wildman–Crippen MR) is 101 cm³/mol. The van der Waals surface area contributed by atoms with E-state index in [9.17, 15) is 18.0 Å². The van der Waals surface area contributed by atoms with Crippen molar-refractivity contribution in [1.29, 1.82) is 0 Å². The molecule has 4 rings (SSSR count). The topological polar surface area (TPSA) is 85.8 Å².